The number of hydrogen-bond acceptors (Lipinski definition) is 4. The number of nitrogens with zero attached hydrogens (tertiary/aromatic N) is 2. The summed E-state index contributed by atoms with van der Waals surface area (Å²) in [5.41, 5.74) is 0.553. The first-order chi connectivity index (χ1) is 9.50. The molecule has 3 aromatic rings. The number of aromatic amines is 1. The van der Waals surface area contributed by atoms with Crippen molar-refractivity contribution in [2.45, 2.75) is 6.18 Å². The van der Waals surface area contributed by atoms with Crippen molar-refractivity contribution in [3.63, 3.8) is 0 Å². The lowest BCUT2D eigenvalue weighted by atomic mass is 10.1. The first-order valence-electron chi connectivity index (χ1n) is 5.55. The molecular formula is C12H8F3N3OS. The minimum absolute atomic E-state index is 0.0227. The molecule has 0 aliphatic carbocycles. The van der Waals surface area contributed by atoms with Crippen LogP contribution in [0.4, 0.5) is 13.2 Å². The van der Waals surface area contributed by atoms with E-state index >= 15 is 0 Å². The molecule has 0 fully saturated rings. The summed E-state index contributed by atoms with van der Waals surface area (Å²) in [4.78, 5) is 7.09. The van der Waals surface area contributed by atoms with Gasteiger partial charge in [0, 0.05) is 28.8 Å². The lowest BCUT2D eigenvalue weighted by Crippen LogP contribution is -2.06. The maximum atomic E-state index is 12.9. The van der Waals surface area contributed by atoms with E-state index in [1.54, 1.807) is 12.1 Å². The van der Waals surface area contributed by atoms with Gasteiger partial charge >= 0.3 is 6.18 Å². The Morgan fingerprint density at radius 2 is 2.05 bits per heavy atom. The van der Waals surface area contributed by atoms with Gasteiger partial charge in [-0.05, 0) is 17.6 Å². The van der Waals surface area contributed by atoms with Gasteiger partial charge in [0.15, 0.2) is 5.69 Å². The second kappa shape index (κ2) is 4.48. The Morgan fingerprint density at radius 1 is 1.25 bits per heavy atom. The number of halogens is 3. The van der Waals surface area contributed by atoms with Gasteiger partial charge in [0.1, 0.15) is 0 Å². The molecule has 0 saturated carbocycles. The quantitative estimate of drug-likeness (QED) is 0.784. The third-order valence-corrected chi connectivity index (χ3v) is 3.46. The van der Waals surface area contributed by atoms with Crippen molar-refractivity contribution in [2.75, 3.05) is 7.11 Å². The topological polar surface area (TPSA) is 50.8 Å². The molecule has 0 bridgehead atoms. The van der Waals surface area contributed by atoms with E-state index in [2.05, 4.69) is 14.3 Å². The van der Waals surface area contributed by atoms with Crippen LogP contribution in [-0.4, -0.2) is 21.5 Å². The number of ether oxygens (including phenoxy) is 1. The van der Waals surface area contributed by atoms with E-state index in [1.807, 2.05) is 0 Å². The Bertz CT molecular complexity index is 763. The van der Waals surface area contributed by atoms with Crippen molar-refractivity contribution in [3.05, 3.63) is 29.4 Å². The van der Waals surface area contributed by atoms with E-state index in [0.29, 0.717) is 22.5 Å². The molecule has 20 heavy (non-hydrogen) atoms. The maximum absolute atomic E-state index is 12.9. The predicted octanol–water partition coefficient (Wildman–Crippen LogP) is 3.71. The molecule has 104 valence electrons. The molecule has 3 rings (SSSR count). The third-order valence-electron chi connectivity index (χ3n) is 2.83. The number of nitrogens with one attached hydrogen (secondary N) is 1. The van der Waals surface area contributed by atoms with Crippen molar-refractivity contribution in [1.82, 2.24) is 14.3 Å². The van der Waals surface area contributed by atoms with E-state index in [9.17, 15) is 13.2 Å². The van der Waals surface area contributed by atoms with E-state index in [-0.39, 0.29) is 5.56 Å². The molecule has 0 amide bonds. The number of hydrogen-bond donors (Lipinski definition) is 1. The highest BCUT2D eigenvalue weighted by atomic mass is 32.1. The van der Waals surface area contributed by atoms with Crippen LogP contribution >= 0.6 is 11.5 Å². The lowest BCUT2D eigenvalue weighted by molar-refractivity contribution is -0.139. The summed E-state index contributed by atoms with van der Waals surface area (Å²) < 4.78 is 47.2. The van der Waals surface area contributed by atoms with E-state index in [4.69, 9.17) is 4.74 Å². The van der Waals surface area contributed by atoms with Crippen LogP contribution in [0.3, 0.4) is 0 Å². The summed E-state index contributed by atoms with van der Waals surface area (Å²) in [6, 6.07) is 3.34. The molecule has 0 radical (unpaired) electrons. The van der Waals surface area contributed by atoms with E-state index < -0.39 is 11.9 Å². The number of pyridine rings is 1. The number of fused-ring (bicyclic) bond motifs is 1. The maximum Gasteiger partial charge on any atom is 0.435 e. The lowest BCUT2D eigenvalue weighted by Gasteiger charge is -2.05. The first-order valence-corrected chi connectivity index (χ1v) is 6.38. The number of rotatable bonds is 2. The summed E-state index contributed by atoms with van der Waals surface area (Å²) in [5.74, 6) is 0.343. The van der Waals surface area contributed by atoms with Crippen molar-refractivity contribution in [3.8, 4) is 17.0 Å². The minimum Gasteiger partial charge on any atom is -0.481 e. The van der Waals surface area contributed by atoms with Gasteiger partial charge in [-0.15, -0.1) is 0 Å². The second-order valence-electron chi connectivity index (χ2n) is 4.03. The summed E-state index contributed by atoms with van der Waals surface area (Å²) in [7, 11) is 1.45. The fraction of sp³-hybridized carbons (Fsp3) is 0.167. The van der Waals surface area contributed by atoms with Crippen LogP contribution < -0.4 is 4.74 Å². The normalized spacial score (nSPS) is 12.0. The van der Waals surface area contributed by atoms with Crippen molar-refractivity contribution >= 4 is 22.6 Å². The zero-order valence-corrected chi connectivity index (χ0v) is 11.0. The van der Waals surface area contributed by atoms with Gasteiger partial charge < -0.3 is 9.72 Å². The van der Waals surface area contributed by atoms with Gasteiger partial charge in [0.05, 0.1) is 18.1 Å². The van der Waals surface area contributed by atoms with Gasteiger partial charge in [-0.25, -0.2) is 4.98 Å². The van der Waals surface area contributed by atoms with Gasteiger partial charge in [-0.1, -0.05) is 0 Å². The molecule has 0 aliphatic heterocycles. The Hall–Kier alpha value is -2.09. The summed E-state index contributed by atoms with van der Waals surface area (Å²) in [6.45, 7) is 0. The Balaban J connectivity index is 2.23. The highest BCUT2D eigenvalue weighted by molar-refractivity contribution is 7.04. The molecule has 0 saturated heterocycles. The van der Waals surface area contributed by atoms with Crippen molar-refractivity contribution in [1.29, 1.82) is 0 Å². The SMILES string of the molecule is COc1ccc2[nH]cc(-c3csnc3C(F)(F)F)c2n1. The van der Waals surface area contributed by atoms with Crippen LogP contribution in [0.15, 0.2) is 23.7 Å². The minimum atomic E-state index is -4.49. The molecular weight excluding hydrogens is 291 g/mol. The van der Waals surface area contributed by atoms with Gasteiger partial charge in [0.25, 0.3) is 0 Å². The monoisotopic (exact) mass is 299 g/mol. The fourth-order valence-corrected chi connectivity index (χ4v) is 2.64. The highest BCUT2D eigenvalue weighted by Crippen LogP contribution is 2.39. The van der Waals surface area contributed by atoms with Crippen LogP contribution in [0.25, 0.3) is 22.2 Å². The average molecular weight is 299 g/mol. The molecule has 4 nitrogen and oxygen atoms in total. The van der Waals surface area contributed by atoms with Gasteiger partial charge in [-0.3, -0.25) is 0 Å². The second-order valence-corrected chi connectivity index (χ2v) is 4.66. The van der Waals surface area contributed by atoms with E-state index in [1.165, 1.54) is 18.7 Å². The predicted molar refractivity (Wildman–Crippen MR) is 68.8 cm³/mol. The molecule has 3 aromatic heterocycles. The van der Waals surface area contributed by atoms with E-state index in [0.717, 1.165) is 11.5 Å². The highest BCUT2D eigenvalue weighted by Gasteiger charge is 2.37. The molecule has 0 aromatic carbocycles. The molecule has 0 unspecified atom stereocenters. The van der Waals surface area contributed by atoms with Crippen LogP contribution in [0.5, 0.6) is 5.88 Å². The number of H-pyrrole nitrogens is 1. The van der Waals surface area contributed by atoms with Gasteiger partial charge in [0.2, 0.25) is 5.88 Å². The van der Waals surface area contributed by atoms with Crippen LogP contribution in [-0.2, 0) is 6.18 Å². The average Bonchev–Trinajstić information content (AvgIpc) is 3.02. The summed E-state index contributed by atoms with van der Waals surface area (Å²) in [5, 5.41) is 1.37. The number of methoxy groups -OCH3 is 1. The number of aromatic nitrogens is 3. The zero-order valence-electron chi connectivity index (χ0n) is 10.2. The van der Waals surface area contributed by atoms with Crippen molar-refractivity contribution in [2.24, 2.45) is 0 Å². The molecule has 8 heteroatoms. The summed E-state index contributed by atoms with van der Waals surface area (Å²) >= 11 is 0.767. The molecule has 3 heterocycles. The van der Waals surface area contributed by atoms with Crippen LogP contribution in [0.1, 0.15) is 5.69 Å². The fourth-order valence-electron chi connectivity index (χ4n) is 1.93. The van der Waals surface area contributed by atoms with Crippen LogP contribution in [0.2, 0.25) is 0 Å². The third kappa shape index (κ3) is 2.01. The first kappa shape index (κ1) is 12.9. The zero-order chi connectivity index (χ0) is 14.3. The molecule has 0 aliphatic rings. The summed E-state index contributed by atoms with van der Waals surface area (Å²) in [6.07, 6.45) is -2.99. The number of alkyl halides is 3. The Labute approximate surface area is 115 Å². The van der Waals surface area contributed by atoms with Gasteiger partial charge in [-0.2, -0.15) is 17.5 Å². The van der Waals surface area contributed by atoms with Crippen LogP contribution in [0, 0.1) is 0 Å². The Morgan fingerprint density at radius 3 is 2.75 bits per heavy atom. The largest absolute Gasteiger partial charge is 0.481 e. The standard InChI is InChI=1S/C12H8F3N3OS/c1-19-9-3-2-8-10(17-9)6(4-16-8)7-5-20-18-11(7)12(13,14)15/h2-5,16H,1H3. The van der Waals surface area contributed by atoms with Crippen molar-refractivity contribution < 1.29 is 17.9 Å². The smallest absolute Gasteiger partial charge is 0.435 e. The molecule has 0 atom stereocenters. The Kier molecular flexibility index (Phi) is 2.89. The molecule has 1 N–H and O–H groups in total. The molecule has 0 spiro atoms.